The molecular weight excluding hydrogens is 286 g/mol. The van der Waals surface area contributed by atoms with E-state index in [2.05, 4.69) is 4.72 Å². The van der Waals surface area contributed by atoms with Crippen LogP contribution >= 0.6 is 0 Å². The molecule has 0 fully saturated rings. The minimum absolute atomic E-state index is 0.132. The first-order chi connectivity index (χ1) is 9.67. The molecule has 5 nitrogen and oxygen atoms in total. The smallest absolute Gasteiger partial charge is 0.240 e. The van der Waals surface area contributed by atoms with Crippen molar-refractivity contribution in [2.45, 2.75) is 38.3 Å². The number of likely N-dealkylation sites (N-methyl/N-ethyl adjacent to an activating group) is 1. The molecule has 6 heteroatoms. The van der Waals surface area contributed by atoms with Gasteiger partial charge in [-0.15, -0.1) is 0 Å². The van der Waals surface area contributed by atoms with Crippen LogP contribution in [0.25, 0.3) is 0 Å². The average molecular weight is 313 g/mol. The Hall–Kier alpha value is -0.950. The second-order valence-corrected chi connectivity index (χ2v) is 7.74. The molecule has 0 amide bonds. The Labute approximate surface area is 128 Å². The summed E-state index contributed by atoms with van der Waals surface area (Å²) in [5.41, 5.74) is 7.51. The molecule has 21 heavy (non-hydrogen) atoms. The molecule has 1 rings (SSSR count). The standard InChI is InChI=1S/C15H27N3O2S/c1-11(2)15(10-18(4)5)17-21(19,20)14-7-6-12(3)13(8-14)9-16/h6-8,11,15,17H,9-10,16H2,1-5H3. The van der Waals surface area contributed by atoms with Crippen LogP contribution in [0.1, 0.15) is 25.0 Å². The second-order valence-electron chi connectivity index (χ2n) is 6.03. The lowest BCUT2D eigenvalue weighted by molar-refractivity contribution is 0.314. The summed E-state index contributed by atoms with van der Waals surface area (Å²) in [5, 5.41) is 0. The van der Waals surface area contributed by atoms with E-state index in [-0.39, 0.29) is 16.9 Å². The molecule has 0 spiro atoms. The van der Waals surface area contributed by atoms with Crippen molar-refractivity contribution in [1.82, 2.24) is 9.62 Å². The Bertz CT molecular complexity index is 568. The van der Waals surface area contributed by atoms with Gasteiger partial charge in [-0.05, 0) is 50.2 Å². The maximum atomic E-state index is 12.5. The molecule has 0 aliphatic carbocycles. The third kappa shape index (κ3) is 5.07. The van der Waals surface area contributed by atoms with Crippen molar-refractivity contribution < 1.29 is 8.42 Å². The van der Waals surface area contributed by atoms with E-state index < -0.39 is 10.0 Å². The van der Waals surface area contributed by atoms with Gasteiger partial charge in [-0.2, -0.15) is 0 Å². The number of nitrogens with two attached hydrogens (primary N) is 1. The average Bonchev–Trinajstić information content (AvgIpc) is 2.37. The molecule has 0 aromatic heterocycles. The zero-order valence-electron chi connectivity index (χ0n) is 13.6. The van der Waals surface area contributed by atoms with Gasteiger partial charge in [0.05, 0.1) is 4.90 Å². The molecule has 1 aromatic rings. The second kappa shape index (κ2) is 7.35. The minimum Gasteiger partial charge on any atom is -0.326 e. The molecule has 0 saturated heterocycles. The summed E-state index contributed by atoms with van der Waals surface area (Å²) in [4.78, 5) is 2.26. The van der Waals surface area contributed by atoms with Crippen molar-refractivity contribution >= 4 is 10.0 Å². The quantitative estimate of drug-likeness (QED) is 0.796. The van der Waals surface area contributed by atoms with Crippen molar-refractivity contribution in [3.63, 3.8) is 0 Å². The highest BCUT2D eigenvalue weighted by molar-refractivity contribution is 7.89. The fourth-order valence-electron chi connectivity index (χ4n) is 2.08. The van der Waals surface area contributed by atoms with E-state index in [9.17, 15) is 8.42 Å². The van der Waals surface area contributed by atoms with Gasteiger partial charge in [-0.3, -0.25) is 0 Å². The molecule has 0 aliphatic heterocycles. The molecule has 3 N–H and O–H groups in total. The predicted molar refractivity (Wildman–Crippen MR) is 86.6 cm³/mol. The van der Waals surface area contributed by atoms with E-state index in [1.165, 1.54) is 0 Å². The third-order valence-corrected chi connectivity index (χ3v) is 5.01. The number of sulfonamides is 1. The van der Waals surface area contributed by atoms with Crippen LogP contribution < -0.4 is 10.5 Å². The summed E-state index contributed by atoms with van der Waals surface area (Å²) in [7, 11) is 0.334. The van der Waals surface area contributed by atoms with Crippen molar-refractivity contribution in [3.05, 3.63) is 29.3 Å². The molecular formula is C15H27N3O2S. The van der Waals surface area contributed by atoms with E-state index in [4.69, 9.17) is 5.73 Å². The Morgan fingerprint density at radius 1 is 1.29 bits per heavy atom. The van der Waals surface area contributed by atoms with Crippen molar-refractivity contribution in [3.8, 4) is 0 Å². The van der Waals surface area contributed by atoms with E-state index >= 15 is 0 Å². The molecule has 0 radical (unpaired) electrons. The zero-order chi connectivity index (χ0) is 16.2. The van der Waals surface area contributed by atoms with Gasteiger partial charge in [0, 0.05) is 19.1 Å². The fraction of sp³-hybridized carbons (Fsp3) is 0.600. The van der Waals surface area contributed by atoms with E-state index in [0.29, 0.717) is 13.1 Å². The Kier molecular flexibility index (Phi) is 6.34. The van der Waals surface area contributed by atoms with Gasteiger partial charge in [-0.25, -0.2) is 13.1 Å². The first-order valence-electron chi connectivity index (χ1n) is 7.14. The lowest BCUT2D eigenvalue weighted by Gasteiger charge is -2.25. The Morgan fingerprint density at radius 2 is 1.90 bits per heavy atom. The monoisotopic (exact) mass is 313 g/mol. The van der Waals surface area contributed by atoms with E-state index in [1.54, 1.807) is 18.2 Å². The predicted octanol–water partition coefficient (Wildman–Crippen LogP) is 1.32. The highest BCUT2D eigenvalue weighted by Gasteiger charge is 2.23. The first-order valence-corrected chi connectivity index (χ1v) is 8.62. The lowest BCUT2D eigenvalue weighted by Crippen LogP contribution is -2.44. The van der Waals surface area contributed by atoms with Crippen molar-refractivity contribution in [1.29, 1.82) is 0 Å². The number of rotatable bonds is 7. The summed E-state index contributed by atoms with van der Waals surface area (Å²) in [6.07, 6.45) is 0. The van der Waals surface area contributed by atoms with Gasteiger partial charge in [-0.1, -0.05) is 19.9 Å². The van der Waals surface area contributed by atoms with Crippen LogP contribution in [0.4, 0.5) is 0 Å². The van der Waals surface area contributed by atoms with Crippen LogP contribution in [-0.2, 0) is 16.6 Å². The molecule has 0 bridgehead atoms. The Morgan fingerprint density at radius 3 is 2.38 bits per heavy atom. The van der Waals surface area contributed by atoms with Gasteiger partial charge >= 0.3 is 0 Å². The molecule has 0 saturated carbocycles. The topological polar surface area (TPSA) is 75.4 Å². The van der Waals surface area contributed by atoms with Crippen LogP contribution in [0.15, 0.2) is 23.1 Å². The largest absolute Gasteiger partial charge is 0.326 e. The lowest BCUT2D eigenvalue weighted by atomic mass is 10.1. The summed E-state index contributed by atoms with van der Waals surface area (Å²) in [6.45, 7) is 6.94. The summed E-state index contributed by atoms with van der Waals surface area (Å²) < 4.78 is 27.9. The highest BCUT2D eigenvalue weighted by Crippen LogP contribution is 2.17. The SMILES string of the molecule is Cc1ccc(S(=O)(=O)NC(CN(C)C)C(C)C)cc1CN. The molecule has 120 valence electrons. The maximum Gasteiger partial charge on any atom is 0.240 e. The van der Waals surface area contributed by atoms with Gasteiger partial charge < -0.3 is 10.6 Å². The number of benzene rings is 1. The molecule has 0 aliphatic rings. The first kappa shape index (κ1) is 18.1. The molecule has 1 atom stereocenters. The van der Waals surface area contributed by atoms with Crippen LogP contribution in [-0.4, -0.2) is 40.0 Å². The van der Waals surface area contributed by atoms with Gasteiger partial charge in [0.25, 0.3) is 0 Å². The number of hydrogen-bond acceptors (Lipinski definition) is 4. The maximum absolute atomic E-state index is 12.5. The normalized spacial score (nSPS) is 13.9. The minimum atomic E-state index is -3.53. The van der Waals surface area contributed by atoms with Crippen LogP contribution in [0.2, 0.25) is 0 Å². The number of nitrogens with zero attached hydrogens (tertiary/aromatic N) is 1. The molecule has 0 heterocycles. The highest BCUT2D eigenvalue weighted by atomic mass is 32.2. The van der Waals surface area contributed by atoms with Crippen molar-refractivity contribution in [2.75, 3.05) is 20.6 Å². The van der Waals surface area contributed by atoms with E-state index in [1.807, 2.05) is 39.8 Å². The van der Waals surface area contributed by atoms with Gasteiger partial charge in [0.2, 0.25) is 10.0 Å². The number of hydrogen-bond donors (Lipinski definition) is 2. The van der Waals surface area contributed by atoms with Crippen LogP contribution in [0, 0.1) is 12.8 Å². The number of nitrogens with one attached hydrogen (secondary N) is 1. The van der Waals surface area contributed by atoms with Gasteiger partial charge in [0.1, 0.15) is 0 Å². The zero-order valence-corrected chi connectivity index (χ0v) is 14.4. The Balaban J connectivity index is 3.04. The van der Waals surface area contributed by atoms with Crippen LogP contribution in [0.3, 0.4) is 0 Å². The summed E-state index contributed by atoms with van der Waals surface area (Å²) in [6, 6.07) is 4.95. The summed E-state index contributed by atoms with van der Waals surface area (Å²) in [5.74, 6) is 0.210. The van der Waals surface area contributed by atoms with E-state index in [0.717, 1.165) is 11.1 Å². The summed E-state index contributed by atoms with van der Waals surface area (Å²) >= 11 is 0. The number of aryl methyl sites for hydroxylation is 1. The molecule has 1 unspecified atom stereocenters. The van der Waals surface area contributed by atoms with Crippen LogP contribution in [0.5, 0.6) is 0 Å². The molecule has 1 aromatic carbocycles. The fourth-order valence-corrected chi connectivity index (χ4v) is 3.51. The third-order valence-electron chi connectivity index (χ3n) is 3.52. The van der Waals surface area contributed by atoms with Gasteiger partial charge in [0.15, 0.2) is 0 Å². The van der Waals surface area contributed by atoms with Crippen molar-refractivity contribution in [2.24, 2.45) is 11.7 Å².